The summed E-state index contributed by atoms with van der Waals surface area (Å²) in [4.78, 5) is 32.5. The molecule has 0 bridgehead atoms. The zero-order valence-electron chi connectivity index (χ0n) is 22.2. The van der Waals surface area contributed by atoms with E-state index in [1.165, 1.54) is 11.3 Å². The predicted molar refractivity (Wildman–Crippen MR) is 152 cm³/mol. The van der Waals surface area contributed by atoms with E-state index in [1.54, 1.807) is 24.3 Å². The number of anilines is 1. The Bertz CT molecular complexity index is 1300. The first-order chi connectivity index (χ1) is 19.0. The molecule has 2 fully saturated rings. The van der Waals surface area contributed by atoms with Crippen molar-refractivity contribution in [2.45, 2.75) is 44.3 Å². The van der Waals surface area contributed by atoms with Crippen LogP contribution in [0.1, 0.15) is 57.5 Å². The van der Waals surface area contributed by atoms with Gasteiger partial charge in [-0.15, -0.1) is 0 Å². The largest absolute Gasteiger partial charge is 0.371 e. The van der Waals surface area contributed by atoms with Crippen LogP contribution in [0.5, 0.6) is 0 Å². The fraction of sp³-hybridized carbons (Fsp3) is 0.344. The van der Waals surface area contributed by atoms with Crippen molar-refractivity contribution in [3.63, 3.8) is 0 Å². The van der Waals surface area contributed by atoms with Gasteiger partial charge in [-0.3, -0.25) is 14.5 Å². The first-order valence-corrected chi connectivity index (χ1v) is 13.8. The Kier molecular flexibility index (Phi) is 8.24. The van der Waals surface area contributed by atoms with Gasteiger partial charge in [-0.2, -0.15) is 5.26 Å². The number of hydrogen-bond acceptors (Lipinski definition) is 5. The average Bonchev–Trinajstić information content (AvgIpc) is 2.99. The molecule has 3 aromatic carbocycles. The van der Waals surface area contributed by atoms with E-state index in [0.29, 0.717) is 16.7 Å². The highest BCUT2D eigenvalue weighted by Gasteiger charge is 2.35. The van der Waals surface area contributed by atoms with Crippen LogP contribution < -0.4 is 10.6 Å². The summed E-state index contributed by atoms with van der Waals surface area (Å²) in [6.45, 7) is 4.50. The topological polar surface area (TPSA) is 93.7 Å². The molecular formula is C32H35N5O2. The van der Waals surface area contributed by atoms with E-state index in [9.17, 15) is 9.59 Å². The number of rotatable bonds is 7. The van der Waals surface area contributed by atoms with Gasteiger partial charge >= 0.3 is 0 Å². The number of piperidine rings is 2. The monoisotopic (exact) mass is 521 g/mol. The molecule has 5 rings (SSSR count). The Morgan fingerprint density at radius 2 is 1.36 bits per heavy atom. The van der Waals surface area contributed by atoms with Crippen molar-refractivity contribution in [1.82, 2.24) is 9.80 Å². The summed E-state index contributed by atoms with van der Waals surface area (Å²) in [6, 6.07) is 27.5. The van der Waals surface area contributed by atoms with Gasteiger partial charge in [0, 0.05) is 61.6 Å². The van der Waals surface area contributed by atoms with Crippen LogP contribution in [0, 0.1) is 11.3 Å². The highest BCUT2D eigenvalue weighted by atomic mass is 16.2. The molecule has 2 saturated heterocycles. The lowest BCUT2D eigenvalue weighted by molar-refractivity contribution is 0.0388. The van der Waals surface area contributed by atoms with Gasteiger partial charge in [-0.25, -0.2) is 0 Å². The molecule has 0 spiro atoms. The molecule has 0 aliphatic carbocycles. The first-order valence-electron chi connectivity index (χ1n) is 13.8. The zero-order chi connectivity index (χ0) is 27.2. The van der Waals surface area contributed by atoms with Gasteiger partial charge in [-0.1, -0.05) is 30.3 Å². The standard InChI is InChI=1S/C32H35N5O2/c33-22-24-6-8-25(9-7-24)23-35-18-14-29(15-19-35)37(32(39)27-12-10-26(11-13-27)31(34)38)30-16-20-36(21-17-30)28-4-2-1-3-5-28/h1-13,29-30H,14-21,23H2,(H2,34,38). The fourth-order valence-corrected chi connectivity index (χ4v) is 5.90. The third kappa shape index (κ3) is 6.30. The molecule has 2 N–H and O–H groups in total. The predicted octanol–water partition coefficient (Wildman–Crippen LogP) is 4.43. The average molecular weight is 522 g/mol. The highest BCUT2D eigenvalue weighted by Crippen LogP contribution is 2.29. The van der Waals surface area contributed by atoms with Crippen LogP contribution in [0.4, 0.5) is 5.69 Å². The summed E-state index contributed by atoms with van der Waals surface area (Å²) < 4.78 is 0. The van der Waals surface area contributed by atoms with Crippen LogP contribution >= 0.6 is 0 Å². The Balaban J connectivity index is 1.29. The van der Waals surface area contributed by atoms with Gasteiger partial charge in [0.2, 0.25) is 5.91 Å². The third-order valence-corrected chi connectivity index (χ3v) is 8.07. The number of carbonyl (C=O) groups is 2. The first kappa shape index (κ1) is 26.5. The molecule has 0 aromatic heterocycles. The molecular weight excluding hydrogens is 486 g/mol. The number of benzene rings is 3. The number of amides is 2. The maximum atomic E-state index is 14.0. The molecule has 200 valence electrons. The zero-order valence-corrected chi connectivity index (χ0v) is 22.2. The van der Waals surface area contributed by atoms with Crippen LogP contribution in [-0.2, 0) is 6.54 Å². The summed E-state index contributed by atoms with van der Waals surface area (Å²) in [5, 5.41) is 9.06. The lowest BCUT2D eigenvalue weighted by atomic mass is 9.94. The number of primary amides is 1. The smallest absolute Gasteiger partial charge is 0.254 e. The molecule has 7 heteroatoms. The summed E-state index contributed by atoms with van der Waals surface area (Å²) in [6.07, 6.45) is 3.68. The van der Waals surface area contributed by atoms with Crippen LogP contribution in [-0.4, -0.2) is 59.9 Å². The van der Waals surface area contributed by atoms with Crippen molar-refractivity contribution < 1.29 is 9.59 Å². The number of para-hydroxylation sites is 1. The highest BCUT2D eigenvalue weighted by molar-refractivity contribution is 5.97. The van der Waals surface area contributed by atoms with E-state index in [0.717, 1.165) is 58.4 Å². The van der Waals surface area contributed by atoms with Gasteiger partial charge in [0.05, 0.1) is 11.6 Å². The molecule has 2 heterocycles. The van der Waals surface area contributed by atoms with Crippen LogP contribution in [0.2, 0.25) is 0 Å². The number of nitriles is 1. The third-order valence-electron chi connectivity index (χ3n) is 8.07. The van der Waals surface area contributed by atoms with Crippen LogP contribution in [0.15, 0.2) is 78.9 Å². The van der Waals surface area contributed by atoms with Crippen molar-refractivity contribution in [2.75, 3.05) is 31.1 Å². The summed E-state index contributed by atoms with van der Waals surface area (Å²) in [5.41, 5.74) is 9.53. The summed E-state index contributed by atoms with van der Waals surface area (Å²) >= 11 is 0. The van der Waals surface area contributed by atoms with E-state index >= 15 is 0 Å². The van der Waals surface area contributed by atoms with Crippen molar-refractivity contribution in [1.29, 1.82) is 5.26 Å². The Labute approximate surface area is 230 Å². The quantitative estimate of drug-likeness (QED) is 0.496. The van der Waals surface area contributed by atoms with Crippen LogP contribution in [0.3, 0.4) is 0 Å². The Hall–Kier alpha value is -4.15. The van der Waals surface area contributed by atoms with Crippen molar-refractivity contribution in [3.05, 3.63) is 101 Å². The maximum Gasteiger partial charge on any atom is 0.254 e. The minimum atomic E-state index is -0.492. The molecule has 3 aromatic rings. The lowest BCUT2D eigenvalue weighted by Crippen LogP contribution is -2.54. The minimum Gasteiger partial charge on any atom is -0.371 e. The van der Waals surface area contributed by atoms with E-state index < -0.39 is 5.91 Å². The number of likely N-dealkylation sites (tertiary alicyclic amines) is 1. The fourth-order valence-electron chi connectivity index (χ4n) is 5.90. The molecule has 0 unspecified atom stereocenters. The Morgan fingerprint density at radius 1 is 0.795 bits per heavy atom. The molecule has 2 amide bonds. The van der Waals surface area contributed by atoms with Gasteiger partial charge in [0.15, 0.2) is 0 Å². The van der Waals surface area contributed by atoms with E-state index in [2.05, 4.69) is 45.0 Å². The molecule has 0 radical (unpaired) electrons. The van der Waals surface area contributed by atoms with Crippen molar-refractivity contribution in [2.24, 2.45) is 5.73 Å². The second kappa shape index (κ2) is 12.1. The van der Waals surface area contributed by atoms with Crippen molar-refractivity contribution >= 4 is 17.5 Å². The molecule has 0 saturated carbocycles. The minimum absolute atomic E-state index is 0.0368. The normalized spacial score (nSPS) is 16.9. The molecule has 0 atom stereocenters. The lowest BCUT2D eigenvalue weighted by Gasteiger charge is -2.45. The van der Waals surface area contributed by atoms with E-state index in [-0.39, 0.29) is 18.0 Å². The number of nitrogens with zero attached hydrogens (tertiary/aromatic N) is 4. The van der Waals surface area contributed by atoms with Gasteiger partial charge in [0.25, 0.3) is 5.91 Å². The molecule has 2 aliphatic heterocycles. The van der Waals surface area contributed by atoms with Gasteiger partial charge in [-0.05, 0) is 79.8 Å². The van der Waals surface area contributed by atoms with E-state index in [1.807, 2.05) is 30.3 Å². The Morgan fingerprint density at radius 3 is 1.92 bits per heavy atom. The number of hydrogen-bond donors (Lipinski definition) is 1. The summed E-state index contributed by atoms with van der Waals surface area (Å²) in [7, 11) is 0. The van der Waals surface area contributed by atoms with E-state index in [4.69, 9.17) is 11.0 Å². The second-order valence-corrected chi connectivity index (χ2v) is 10.5. The molecule has 39 heavy (non-hydrogen) atoms. The van der Waals surface area contributed by atoms with Gasteiger partial charge in [0.1, 0.15) is 0 Å². The number of nitrogens with two attached hydrogens (primary N) is 1. The summed E-state index contributed by atoms with van der Waals surface area (Å²) in [5.74, 6) is -0.455. The second-order valence-electron chi connectivity index (χ2n) is 10.5. The maximum absolute atomic E-state index is 14.0. The van der Waals surface area contributed by atoms with Crippen molar-refractivity contribution in [3.8, 4) is 6.07 Å². The molecule has 7 nitrogen and oxygen atoms in total. The number of carbonyl (C=O) groups excluding carboxylic acids is 2. The van der Waals surface area contributed by atoms with Gasteiger partial charge < -0.3 is 15.5 Å². The molecule has 2 aliphatic rings. The van der Waals surface area contributed by atoms with Crippen LogP contribution in [0.25, 0.3) is 0 Å². The SMILES string of the molecule is N#Cc1ccc(CN2CCC(N(C(=O)c3ccc(C(N)=O)cc3)C3CCN(c4ccccc4)CC3)CC2)cc1.